The average molecular weight is 219 g/mol. The fourth-order valence-electron chi connectivity index (χ4n) is 0.926. The standard InChI is InChI=1S/C10H23NO2.C2H6/c1-9(5-7-11)13-8-6-10(2,3)12-4;1-2/h9H,5-8,11H2,1-4H3;1-2H3. The molecule has 0 fully saturated rings. The minimum atomic E-state index is -0.0809. The van der Waals surface area contributed by atoms with E-state index in [4.69, 9.17) is 15.2 Å². The monoisotopic (exact) mass is 219 g/mol. The summed E-state index contributed by atoms with van der Waals surface area (Å²) in [5.41, 5.74) is 5.33. The molecule has 3 heteroatoms. The molecule has 0 spiro atoms. The molecule has 0 saturated carbocycles. The first kappa shape index (κ1) is 17.3. The van der Waals surface area contributed by atoms with Crippen molar-refractivity contribution < 1.29 is 9.47 Å². The molecule has 94 valence electrons. The van der Waals surface area contributed by atoms with Crippen molar-refractivity contribution in [3.05, 3.63) is 0 Å². The third kappa shape index (κ3) is 11.8. The second kappa shape index (κ2) is 10.4. The zero-order valence-corrected chi connectivity index (χ0v) is 11.3. The van der Waals surface area contributed by atoms with Crippen molar-refractivity contribution in [2.45, 2.75) is 59.2 Å². The summed E-state index contributed by atoms with van der Waals surface area (Å²) in [5, 5.41) is 0. The Morgan fingerprint density at radius 2 is 1.80 bits per heavy atom. The van der Waals surface area contributed by atoms with Crippen molar-refractivity contribution in [2.75, 3.05) is 20.3 Å². The van der Waals surface area contributed by atoms with Crippen LogP contribution in [0.4, 0.5) is 0 Å². The molecule has 0 rings (SSSR count). The van der Waals surface area contributed by atoms with E-state index >= 15 is 0 Å². The Morgan fingerprint density at radius 1 is 1.27 bits per heavy atom. The molecular weight excluding hydrogens is 190 g/mol. The summed E-state index contributed by atoms with van der Waals surface area (Å²) in [4.78, 5) is 0. The Kier molecular flexibility index (Phi) is 12.0. The van der Waals surface area contributed by atoms with Gasteiger partial charge in [-0.3, -0.25) is 0 Å². The number of nitrogens with two attached hydrogens (primary N) is 1. The molecule has 0 aliphatic carbocycles. The van der Waals surface area contributed by atoms with Crippen LogP contribution >= 0.6 is 0 Å². The highest BCUT2D eigenvalue weighted by Gasteiger charge is 2.16. The second-order valence-corrected chi connectivity index (χ2v) is 3.97. The molecule has 0 saturated heterocycles. The number of hydrogen-bond donors (Lipinski definition) is 1. The van der Waals surface area contributed by atoms with E-state index < -0.39 is 0 Å². The van der Waals surface area contributed by atoms with Gasteiger partial charge in [0.25, 0.3) is 0 Å². The summed E-state index contributed by atoms with van der Waals surface area (Å²) in [6.07, 6.45) is 2.10. The van der Waals surface area contributed by atoms with Crippen LogP contribution in [0.1, 0.15) is 47.5 Å². The predicted octanol–water partition coefficient (Wildman–Crippen LogP) is 2.58. The lowest BCUT2D eigenvalue weighted by Gasteiger charge is -2.23. The summed E-state index contributed by atoms with van der Waals surface area (Å²) >= 11 is 0. The average Bonchev–Trinajstić information content (AvgIpc) is 2.21. The van der Waals surface area contributed by atoms with Gasteiger partial charge in [0, 0.05) is 13.7 Å². The highest BCUT2D eigenvalue weighted by Crippen LogP contribution is 2.13. The van der Waals surface area contributed by atoms with Crippen molar-refractivity contribution in [1.82, 2.24) is 0 Å². The minimum Gasteiger partial charge on any atom is -0.379 e. The van der Waals surface area contributed by atoms with Gasteiger partial charge in [0.2, 0.25) is 0 Å². The molecule has 0 bridgehead atoms. The predicted molar refractivity (Wildman–Crippen MR) is 66.1 cm³/mol. The van der Waals surface area contributed by atoms with Crippen molar-refractivity contribution in [3.8, 4) is 0 Å². The van der Waals surface area contributed by atoms with Gasteiger partial charge in [-0.15, -0.1) is 0 Å². The van der Waals surface area contributed by atoms with E-state index in [1.807, 2.05) is 20.8 Å². The Labute approximate surface area is 95.3 Å². The lowest BCUT2D eigenvalue weighted by molar-refractivity contribution is -0.0241. The van der Waals surface area contributed by atoms with Crippen molar-refractivity contribution in [2.24, 2.45) is 5.73 Å². The van der Waals surface area contributed by atoms with Gasteiger partial charge in [0.1, 0.15) is 0 Å². The van der Waals surface area contributed by atoms with Crippen LogP contribution in [0.5, 0.6) is 0 Å². The molecule has 15 heavy (non-hydrogen) atoms. The molecule has 0 aromatic carbocycles. The van der Waals surface area contributed by atoms with Crippen LogP contribution in [0.25, 0.3) is 0 Å². The van der Waals surface area contributed by atoms with Crippen molar-refractivity contribution >= 4 is 0 Å². The Hall–Kier alpha value is -0.120. The third-order valence-corrected chi connectivity index (χ3v) is 2.23. The smallest absolute Gasteiger partial charge is 0.0644 e. The summed E-state index contributed by atoms with van der Waals surface area (Å²) in [6, 6.07) is 0. The summed E-state index contributed by atoms with van der Waals surface area (Å²) in [5.74, 6) is 0. The van der Waals surface area contributed by atoms with Gasteiger partial charge in [0.05, 0.1) is 11.7 Å². The van der Waals surface area contributed by atoms with E-state index in [-0.39, 0.29) is 11.7 Å². The van der Waals surface area contributed by atoms with Gasteiger partial charge >= 0.3 is 0 Å². The number of hydrogen-bond acceptors (Lipinski definition) is 3. The first-order valence-electron chi connectivity index (χ1n) is 5.88. The van der Waals surface area contributed by atoms with Crippen LogP contribution in [0.15, 0.2) is 0 Å². The van der Waals surface area contributed by atoms with Crippen LogP contribution in [0.3, 0.4) is 0 Å². The second-order valence-electron chi connectivity index (χ2n) is 3.97. The van der Waals surface area contributed by atoms with Crippen LogP contribution in [-0.4, -0.2) is 32.0 Å². The van der Waals surface area contributed by atoms with E-state index in [1.165, 1.54) is 0 Å². The van der Waals surface area contributed by atoms with Crippen molar-refractivity contribution in [3.63, 3.8) is 0 Å². The molecular formula is C12H29NO2. The van der Waals surface area contributed by atoms with E-state index in [0.717, 1.165) is 19.4 Å². The fraction of sp³-hybridized carbons (Fsp3) is 1.00. The quantitative estimate of drug-likeness (QED) is 0.716. The normalized spacial score (nSPS) is 13.0. The maximum atomic E-state index is 5.56. The van der Waals surface area contributed by atoms with Crippen molar-refractivity contribution in [1.29, 1.82) is 0 Å². The van der Waals surface area contributed by atoms with Gasteiger partial charge in [0.15, 0.2) is 0 Å². The Bertz CT molecular complexity index is 127. The number of methoxy groups -OCH3 is 1. The number of rotatable bonds is 7. The number of ether oxygens (including phenoxy) is 2. The van der Waals surface area contributed by atoms with E-state index in [0.29, 0.717) is 6.54 Å². The van der Waals surface area contributed by atoms with Crippen LogP contribution in [0.2, 0.25) is 0 Å². The lowest BCUT2D eigenvalue weighted by Crippen LogP contribution is -2.26. The van der Waals surface area contributed by atoms with Gasteiger partial charge in [-0.05, 0) is 40.2 Å². The van der Waals surface area contributed by atoms with Gasteiger partial charge in [-0.25, -0.2) is 0 Å². The first-order chi connectivity index (χ1) is 7.02. The first-order valence-corrected chi connectivity index (χ1v) is 5.88. The van der Waals surface area contributed by atoms with Gasteiger partial charge in [-0.1, -0.05) is 13.8 Å². The summed E-state index contributed by atoms with van der Waals surface area (Å²) in [6.45, 7) is 11.6. The minimum absolute atomic E-state index is 0.0809. The van der Waals surface area contributed by atoms with E-state index in [1.54, 1.807) is 7.11 Å². The molecule has 3 nitrogen and oxygen atoms in total. The van der Waals surface area contributed by atoms with E-state index in [9.17, 15) is 0 Å². The molecule has 0 aromatic heterocycles. The molecule has 0 heterocycles. The maximum absolute atomic E-state index is 5.56. The zero-order chi connectivity index (χ0) is 12.3. The molecule has 1 atom stereocenters. The van der Waals surface area contributed by atoms with Crippen LogP contribution in [-0.2, 0) is 9.47 Å². The maximum Gasteiger partial charge on any atom is 0.0644 e. The van der Waals surface area contributed by atoms with Crippen LogP contribution in [0, 0.1) is 0 Å². The zero-order valence-electron chi connectivity index (χ0n) is 11.3. The molecule has 2 N–H and O–H groups in total. The largest absolute Gasteiger partial charge is 0.379 e. The highest BCUT2D eigenvalue weighted by atomic mass is 16.5. The lowest BCUT2D eigenvalue weighted by atomic mass is 10.1. The fourth-order valence-corrected chi connectivity index (χ4v) is 0.926. The summed E-state index contributed by atoms with van der Waals surface area (Å²) in [7, 11) is 1.73. The Balaban J connectivity index is 0. The third-order valence-electron chi connectivity index (χ3n) is 2.23. The summed E-state index contributed by atoms with van der Waals surface area (Å²) < 4.78 is 10.8. The molecule has 0 aromatic rings. The SMILES string of the molecule is CC.COC(C)(C)CCOC(C)CCN. The molecule has 0 amide bonds. The molecule has 1 unspecified atom stereocenters. The molecule has 0 radical (unpaired) electrons. The molecule has 0 aliphatic heterocycles. The van der Waals surface area contributed by atoms with Crippen LogP contribution < -0.4 is 5.73 Å². The topological polar surface area (TPSA) is 44.5 Å². The Morgan fingerprint density at radius 3 is 2.20 bits per heavy atom. The van der Waals surface area contributed by atoms with Gasteiger partial charge < -0.3 is 15.2 Å². The highest BCUT2D eigenvalue weighted by molar-refractivity contribution is 4.67. The van der Waals surface area contributed by atoms with E-state index in [2.05, 4.69) is 13.8 Å². The van der Waals surface area contributed by atoms with Gasteiger partial charge in [-0.2, -0.15) is 0 Å². The molecule has 0 aliphatic rings.